The summed E-state index contributed by atoms with van der Waals surface area (Å²) in [5, 5.41) is 0. The van der Waals surface area contributed by atoms with E-state index in [1.54, 1.807) is 0 Å². The minimum atomic E-state index is 0.350. The van der Waals surface area contributed by atoms with E-state index < -0.39 is 0 Å². The molecule has 26 heavy (non-hydrogen) atoms. The molecule has 0 aromatic carbocycles. The summed E-state index contributed by atoms with van der Waals surface area (Å²) in [6, 6.07) is 1.69. The van der Waals surface area contributed by atoms with Gasteiger partial charge in [-0.2, -0.15) is 0 Å². The van der Waals surface area contributed by atoms with E-state index in [1.807, 2.05) is 0 Å². The van der Waals surface area contributed by atoms with Gasteiger partial charge in [-0.05, 0) is 66.2 Å². The summed E-state index contributed by atoms with van der Waals surface area (Å²) in [5.41, 5.74) is 0.702. The topological polar surface area (TPSA) is 13.0 Å². The SMILES string of the molecule is CC(C)(C)N1CC2CN(C3CCN(C4CN(C(C)(C)C)C4)CC3)CC2C1. The molecule has 4 nitrogen and oxygen atoms in total. The van der Waals surface area contributed by atoms with Gasteiger partial charge in [0.05, 0.1) is 0 Å². The normalized spacial score (nSPS) is 34.4. The van der Waals surface area contributed by atoms with E-state index in [0.717, 1.165) is 23.9 Å². The average Bonchev–Trinajstić information content (AvgIpc) is 3.02. The van der Waals surface area contributed by atoms with Crippen LogP contribution in [0.4, 0.5) is 0 Å². The van der Waals surface area contributed by atoms with Gasteiger partial charge in [-0.25, -0.2) is 0 Å². The molecular weight excluding hydrogens is 320 g/mol. The Balaban J connectivity index is 1.21. The Morgan fingerprint density at radius 1 is 0.538 bits per heavy atom. The monoisotopic (exact) mass is 362 g/mol. The summed E-state index contributed by atoms with van der Waals surface area (Å²) in [5.74, 6) is 1.86. The lowest BCUT2D eigenvalue weighted by Crippen LogP contribution is -2.65. The van der Waals surface area contributed by atoms with Crippen LogP contribution in [0.3, 0.4) is 0 Å². The second kappa shape index (κ2) is 6.72. The van der Waals surface area contributed by atoms with Gasteiger partial charge in [-0.15, -0.1) is 0 Å². The van der Waals surface area contributed by atoms with Crippen molar-refractivity contribution in [3.63, 3.8) is 0 Å². The number of piperidine rings is 1. The number of likely N-dealkylation sites (tertiary alicyclic amines) is 4. The van der Waals surface area contributed by atoms with Crippen LogP contribution in [-0.2, 0) is 0 Å². The maximum absolute atomic E-state index is 2.87. The Kier molecular flexibility index (Phi) is 4.95. The highest BCUT2D eigenvalue weighted by Crippen LogP contribution is 2.37. The van der Waals surface area contributed by atoms with Crippen LogP contribution in [0.15, 0.2) is 0 Å². The molecular formula is C22H42N4. The number of hydrogen-bond acceptors (Lipinski definition) is 4. The van der Waals surface area contributed by atoms with E-state index in [4.69, 9.17) is 0 Å². The zero-order valence-electron chi connectivity index (χ0n) is 18.2. The predicted octanol–water partition coefficient (Wildman–Crippen LogP) is 2.60. The first-order valence-corrected chi connectivity index (χ1v) is 11.1. The Bertz CT molecular complexity index is 477. The first-order chi connectivity index (χ1) is 12.1. The lowest BCUT2D eigenvalue weighted by molar-refractivity contribution is -0.0364. The Morgan fingerprint density at radius 3 is 1.46 bits per heavy atom. The standard InChI is InChI=1S/C22H42N4/c1-21(2,3)25-13-17-11-24(12-18(17)14-25)19-7-9-23(10-8-19)20-15-26(16-20)22(4,5)6/h17-20H,7-16H2,1-6H3. The van der Waals surface area contributed by atoms with Crippen molar-refractivity contribution < 1.29 is 0 Å². The van der Waals surface area contributed by atoms with Gasteiger partial charge in [-0.3, -0.25) is 19.6 Å². The van der Waals surface area contributed by atoms with Crippen LogP contribution < -0.4 is 0 Å². The molecule has 4 saturated heterocycles. The number of fused-ring (bicyclic) bond motifs is 1. The second-order valence-corrected chi connectivity index (χ2v) is 11.5. The molecule has 0 radical (unpaired) electrons. The van der Waals surface area contributed by atoms with Gasteiger partial charge in [0.15, 0.2) is 0 Å². The fraction of sp³-hybridized carbons (Fsp3) is 1.00. The molecule has 0 aliphatic carbocycles. The molecule has 0 bridgehead atoms. The van der Waals surface area contributed by atoms with Crippen molar-refractivity contribution in [3.05, 3.63) is 0 Å². The van der Waals surface area contributed by atoms with Crippen LogP contribution in [0.2, 0.25) is 0 Å². The molecule has 0 spiro atoms. The summed E-state index contributed by atoms with van der Waals surface area (Å²) < 4.78 is 0. The van der Waals surface area contributed by atoms with Crippen LogP contribution in [0.5, 0.6) is 0 Å². The van der Waals surface area contributed by atoms with Gasteiger partial charge >= 0.3 is 0 Å². The summed E-state index contributed by atoms with van der Waals surface area (Å²) in [6.07, 6.45) is 2.79. The van der Waals surface area contributed by atoms with Crippen molar-refractivity contribution >= 4 is 0 Å². The quantitative estimate of drug-likeness (QED) is 0.748. The molecule has 0 N–H and O–H groups in total. The molecule has 150 valence electrons. The molecule has 4 fully saturated rings. The Labute approximate surface area is 161 Å². The van der Waals surface area contributed by atoms with Crippen molar-refractivity contribution in [2.75, 3.05) is 52.4 Å². The molecule has 4 rings (SSSR count). The molecule has 2 unspecified atom stereocenters. The van der Waals surface area contributed by atoms with Gasteiger partial charge in [0.1, 0.15) is 0 Å². The van der Waals surface area contributed by atoms with Gasteiger partial charge in [0.25, 0.3) is 0 Å². The van der Waals surface area contributed by atoms with E-state index in [-0.39, 0.29) is 0 Å². The Hall–Kier alpha value is -0.160. The summed E-state index contributed by atoms with van der Waals surface area (Å²) >= 11 is 0. The lowest BCUT2D eigenvalue weighted by atomic mass is 9.94. The average molecular weight is 363 g/mol. The molecule has 2 atom stereocenters. The summed E-state index contributed by atoms with van der Waals surface area (Å²) in [4.78, 5) is 11.0. The van der Waals surface area contributed by atoms with E-state index in [0.29, 0.717) is 11.1 Å². The van der Waals surface area contributed by atoms with Crippen molar-refractivity contribution in [1.82, 2.24) is 19.6 Å². The Morgan fingerprint density at radius 2 is 1.00 bits per heavy atom. The molecule has 4 aliphatic heterocycles. The van der Waals surface area contributed by atoms with Gasteiger partial charge in [0, 0.05) is 75.5 Å². The smallest absolute Gasteiger partial charge is 0.0350 e. The van der Waals surface area contributed by atoms with Crippen molar-refractivity contribution in [2.45, 2.75) is 77.5 Å². The van der Waals surface area contributed by atoms with Crippen molar-refractivity contribution in [2.24, 2.45) is 11.8 Å². The molecule has 0 amide bonds. The lowest BCUT2D eigenvalue weighted by Gasteiger charge is -2.53. The van der Waals surface area contributed by atoms with E-state index in [9.17, 15) is 0 Å². The van der Waals surface area contributed by atoms with Gasteiger partial charge < -0.3 is 0 Å². The number of nitrogens with zero attached hydrogens (tertiary/aromatic N) is 4. The molecule has 0 saturated carbocycles. The number of hydrogen-bond donors (Lipinski definition) is 0. The van der Waals surface area contributed by atoms with Crippen LogP contribution in [-0.4, -0.2) is 95.1 Å². The highest BCUT2D eigenvalue weighted by Gasteiger charge is 2.45. The highest BCUT2D eigenvalue weighted by molar-refractivity contribution is 5.00. The van der Waals surface area contributed by atoms with Gasteiger partial charge in [0.2, 0.25) is 0 Å². The van der Waals surface area contributed by atoms with Crippen molar-refractivity contribution in [3.8, 4) is 0 Å². The molecule has 0 aromatic rings. The van der Waals surface area contributed by atoms with Crippen LogP contribution in [0.25, 0.3) is 0 Å². The van der Waals surface area contributed by atoms with E-state index >= 15 is 0 Å². The minimum absolute atomic E-state index is 0.350. The fourth-order valence-electron chi connectivity index (χ4n) is 5.73. The largest absolute Gasteiger partial charge is 0.300 e. The van der Waals surface area contributed by atoms with Gasteiger partial charge in [-0.1, -0.05) is 0 Å². The third-order valence-electron chi connectivity index (χ3n) is 7.81. The van der Waals surface area contributed by atoms with E-state index in [2.05, 4.69) is 61.1 Å². The maximum atomic E-state index is 2.87. The summed E-state index contributed by atoms with van der Waals surface area (Å²) in [6.45, 7) is 24.8. The third kappa shape index (κ3) is 3.72. The maximum Gasteiger partial charge on any atom is 0.0350 e. The van der Waals surface area contributed by atoms with Crippen LogP contribution in [0.1, 0.15) is 54.4 Å². The van der Waals surface area contributed by atoms with E-state index in [1.165, 1.54) is 65.2 Å². The highest BCUT2D eigenvalue weighted by atomic mass is 15.3. The van der Waals surface area contributed by atoms with Crippen molar-refractivity contribution in [1.29, 1.82) is 0 Å². The zero-order valence-corrected chi connectivity index (χ0v) is 18.2. The number of rotatable bonds is 2. The second-order valence-electron chi connectivity index (χ2n) is 11.5. The molecule has 0 aromatic heterocycles. The first kappa shape index (κ1) is 19.2. The third-order valence-corrected chi connectivity index (χ3v) is 7.81. The molecule has 4 heteroatoms. The predicted molar refractivity (Wildman–Crippen MR) is 110 cm³/mol. The summed E-state index contributed by atoms with van der Waals surface area (Å²) in [7, 11) is 0. The van der Waals surface area contributed by atoms with Crippen LogP contribution in [0, 0.1) is 11.8 Å². The molecule has 4 aliphatic rings. The fourth-order valence-corrected chi connectivity index (χ4v) is 5.73. The van der Waals surface area contributed by atoms with Crippen LogP contribution >= 0.6 is 0 Å². The zero-order chi connectivity index (χ0) is 18.7. The first-order valence-electron chi connectivity index (χ1n) is 11.1. The minimum Gasteiger partial charge on any atom is -0.300 e. The molecule has 4 heterocycles.